The Balaban J connectivity index is 2.16. The van der Waals surface area contributed by atoms with Gasteiger partial charge in [-0.25, -0.2) is 9.18 Å². The number of hydrogen-bond donors (Lipinski definition) is 3. The monoisotopic (exact) mass is 294 g/mol. The molecule has 1 heterocycles. The molecular formula is C13H11FN2O3S. The lowest BCUT2D eigenvalue weighted by atomic mass is 10.1. The first-order valence-electron chi connectivity index (χ1n) is 5.61. The van der Waals surface area contributed by atoms with Crippen LogP contribution in [0.3, 0.4) is 0 Å². The van der Waals surface area contributed by atoms with Crippen LogP contribution < -0.4 is 11.1 Å². The van der Waals surface area contributed by atoms with Crippen molar-refractivity contribution in [3.05, 3.63) is 52.0 Å². The van der Waals surface area contributed by atoms with Gasteiger partial charge in [0.05, 0.1) is 5.56 Å². The number of carboxylic acids is 1. The molecule has 0 saturated heterocycles. The molecule has 5 nitrogen and oxygen atoms in total. The zero-order chi connectivity index (χ0) is 14.7. The van der Waals surface area contributed by atoms with Gasteiger partial charge in [0.2, 0.25) is 5.91 Å². The molecule has 0 saturated carbocycles. The van der Waals surface area contributed by atoms with Gasteiger partial charge in [0, 0.05) is 10.6 Å². The predicted molar refractivity (Wildman–Crippen MR) is 73.2 cm³/mol. The summed E-state index contributed by atoms with van der Waals surface area (Å²) >= 11 is 1.34. The molecule has 0 aliphatic rings. The first kappa shape index (κ1) is 14.2. The van der Waals surface area contributed by atoms with E-state index in [1.165, 1.54) is 17.4 Å². The van der Waals surface area contributed by atoms with E-state index in [0.717, 1.165) is 12.1 Å². The molecule has 0 radical (unpaired) electrons. The van der Waals surface area contributed by atoms with Gasteiger partial charge in [0.15, 0.2) is 0 Å². The number of carbonyl (C=O) groups excluding carboxylic acids is 1. The van der Waals surface area contributed by atoms with Crippen LogP contribution in [0.2, 0.25) is 0 Å². The fourth-order valence-corrected chi connectivity index (χ4v) is 2.31. The molecule has 0 aliphatic carbocycles. The van der Waals surface area contributed by atoms with Crippen molar-refractivity contribution in [2.75, 3.05) is 5.32 Å². The topological polar surface area (TPSA) is 92.4 Å². The summed E-state index contributed by atoms with van der Waals surface area (Å²) < 4.78 is 13.2. The van der Waals surface area contributed by atoms with E-state index in [9.17, 15) is 14.0 Å². The summed E-state index contributed by atoms with van der Waals surface area (Å²) in [5.74, 6) is -2.75. The number of carboxylic acid groups (broad SMARTS) is 1. The van der Waals surface area contributed by atoms with Gasteiger partial charge in [-0.1, -0.05) is 6.07 Å². The first-order chi connectivity index (χ1) is 9.49. The van der Waals surface area contributed by atoms with Gasteiger partial charge in [-0.2, -0.15) is 0 Å². The summed E-state index contributed by atoms with van der Waals surface area (Å²) in [4.78, 5) is 23.4. The molecule has 0 aliphatic heterocycles. The van der Waals surface area contributed by atoms with E-state index in [4.69, 9.17) is 10.8 Å². The van der Waals surface area contributed by atoms with E-state index in [1.54, 1.807) is 17.5 Å². The summed E-state index contributed by atoms with van der Waals surface area (Å²) in [5.41, 5.74) is 5.44. The maximum atomic E-state index is 13.2. The lowest BCUT2D eigenvalue weighted by Gasteiger charge is -2.11. The molecule has 0 bridgehead atoms. The van der Waals surface area contributed by atoms with Crippen molar-refractivity contribution in [2.24, 2.45) is 5.73 Å². The van der Waals surface area contributed by atoms with Crippen LogP contribution in [0, 0.1) is 5.82 Å². The Bertz CT molecular complexity index is 643. The average molecular weight is 294 g/mol. The van der Waals surface area contributed by atoms with E-state index in [1.807, 2.05) is 0 Å². The zero-order valence-corrected chi connectivity index (χ0v) is 11.0. The third kappa shape index (κ3) is 3.01. The number of hydrogen-bond acceptors (Lipinski definition) is 4. The average Bonchev–Trinajstić information content (AvgIpc) is 2.93. The number of nitrogens with one attached hydrogen (secondary N) is 1. The van der Waals surface area contributed by atoms with Crippen LogP contribution in [0.25, 0.3) is 0 Å². The van der Waals surface area contributed by atoms with Gasteiger partial charge in [-0.05, 0) is 29.6 Å². The lowest BCUT2D eigenvalue weighted by molar-refractivity contribution is -0.117. The number of rotatable bonds is 4. The summed E-state index contributed by atoms with van der Waals surface area (Å²) in [7, 11) is 0. The van der Waals surface area contributed by atoms with Gasteiger partial charge in [-0.3, -0.25) is 4.79 Å². The third-order valence-corrected chi connectivity index (χ3v) is 3.55. The van der Waals surface area contributed by atoms with Gasteiger partial charge in [-0.15, -0.1) is 11.3 Å². The Kier molecular flexibility index (Phi) is 4.11. The normalized spacial score (nSPS) is 11.9. The minimum atomic E-state index is -1.40. The van der Waals surface area contributed by atoms with Gasteiger partial charge < -0.3 is 16.2 Å². The molecule has 1 atom stereocenters. The van der Waals surface area contributed by atoms with Crippen molar-refractivity contribution >= 4 is 28.9 Å². The summed E-state index contributed by atoms with van der Waals surface area (Å²) in [6, 6.07) is 5.96. The number of carbonyl (C=O) groups is 2. The SMILES string of the molecule is NC(C(=O)Nc1ccc(F)c(C(=O)O)c1)c1cccs1. The zero-order valence-electron chi connectivity index (χ0n) is 10.2. The number of nitrogens with two attached hydrogens (primary N) is 1. The largest absolute Gasteiger partial charge is 0.478 e. The summed E-state index contributed by atoms with van der Waals surface area (Å²) in [6.45, 7) is 0. The molecule has 1 aromatic heterocycles. The molecule has 4 N–H and O–H groups in total. The van der Waals surface area contributed by atoms with Gasteiger partial charge in [0.25, 0.3) is 0 Å². The van der Waals surface area contributed by atoms with Crippen LogP contribution in [-0.4, -0.2) is 17.0 Å². The lowest BCUT2D eigenvalue weighted by Crippen LogP contribution is -2.27. The van der Waals surface area contributed by atoms with Crippen LogP contribution in [-0.2, 0) is 4.79 Å². The highest BCUT2D eigenvalue weighted by atomic mass is 32.1. The second-order valence-electron chi connectivity index (χ2n) is 3.98. The highest BCUT2D eigenvalue weighted by Crippen LogP contribution is 2.20. The molecule has 20 heavy (non-hydrogen) atoms. The van der Waals surface area contributed by atoms with Crippen LogP contribution in [0.5, 0.6) is 0 Å². The van der Waals surface area contributed by atoms with Crippen molar-refractivity contribution in [1.82, 2.24) is 0 Å². The fourth-order valence-electron chi connectivity index (χ4n) is 1.58. The van der Waals surface area contributed by atoms with Gasteiger partial charge in [0.1, 0.15) is 11.9 Å². The number of thiophene rings is 1. The molecule has 0 spiro atoms. The minimum Gasteiger partial charge on any atom is -0.478 e. The molecule has 1 amide bonds. The molecule has 2 rings (SSSR count). The molecule has 104 valence electrons. The van der Waals surface area contributed by atoms with E-state index >= 15 is 0 Å². The smallest absolute Gasteiger partial charge is 0.338 e. The molecule has 0 fully saturated rings. The Morgan fingerprint density at radius 1 is 1.35 bits per heavy atom. The molecule has 2 aromatic rings. The first-order valence-corrected chi connectivity index (χ1v) is 6.49. The predicted octanol–water partition coefficient (Wildman–Crippen LogP) is 2.22. The summed E-state index contributed by atoms with van der Waals surface area (Å²) in [6.07, 6.45) is 0. The number of aromatic carboxylic acids is 1. The highest BCUT2D eigenvalue weighted by molar-refractivity contribution is 7.10. The third-order valence-electron chi connectivity index (χ3n) is 2.60. The molecule has 7 heteroatoms. The Morgan fingerprint density at radius 2 is 2.10 bits per heavy atom. The van der Waals surface area contributed by atoms with Crippen LogP contribution >= 0.6 is 11.3 Å². The van der Waals surface area contributed by atoms with Crippen molar-refractivity contribution in [3.8, 4) is 0 Å². The molecule has 1 aromatic carbocycles. The van der Waals surface area contributed by atoms with E-state index in [0.29, 0.717) is 4.88 Å². The standard InChI is InChI=1S/C13H11FN2O3S/c14-9-4-3-7(6-8(9)13(18)19)16-12(17)11(15)10-2-1-5-20-10/h1-6,11H,15H2,(H,16,17)(H,18,19). The number of halogens is 1. The quantitative estimate of drug-likeness (QED) is 0.806. The minimum absolute atomic E-state index is 0.181. The second kappa shape index (κ2) is 5.81. The fraction of sp³-hybridized carbons (Fsp3) is 0.0769. The van der Waals surface area contributed by atoms with Crippen LogP contribution in [0.1, 0.15) is 21.3 Å². The summed E-state index contributed by atoms with van der Waals surface area (Å²) in [5, 5.41) is 13.1. The number of benzene rings is 1. The Morgan fingerprint density at radius 3 is 2.70 bits per heavy atom. The Hall–Kier alpha value is -2.25. The maximum absolute atomic E-state index is 13.2. The number of amides is 1. The van der Waals surface area contributed by atoms with Crippen molar-refractivity contribution in [2.45, 2.75) is 6.04 Å². The highest BCUT2D eigenvalue weighted by Gasteiger charge is 2.18. The van der Waals surface area contributed by atoms with Crippen molar-refractivity contribution in [1.29, 1.82) is 0 Å². The van der Waals surface area contributed by atoms with E-state index in [-0.39, 0.29) is 5.69 Å². The van der Waals surface area contributed by atoms with Crippen LogP contribution in [0.15, 0.2) is 35.7 Å². The van der Waals surface area contributed by atoms with Crippen LogP contribution in [0.4, 0.5) is 10.1 Å². The Labute approximate surface area is 117 Å². The second-order valence-corrected chi connectivity index (χ2v) is 4.96. The van der Waals surface area contributed by atoms with Gasteiger partial charge >= 0.3 is 5.97 Å². The van der Waals surface area contributed by atoms with E-state index in [2.05, 4.69) is 5.32 Å². The van der Waals surface area contributed by atoms with Crippen molar-refractivity contribution in [3.63, 3.8) is 0 Å². The number of anilines is 1. The van der Waals surface area contributed by atoms with E-state index < -0.39 is 29.3 Å². The van der Waals surface area contributed by atoms with Crippen molar-refractivity contribution < 1.29 is 19.1 Å². The maximum Gasteiger partial charge on any atom is 0.338 e. The molecule has 1 unspecified atom stereocenters. The molecular weight excluding hydrogens is 283 g/mol.